The zero-order valence-electron chi connectivity index (χ0n) is 30.8. The van der Waals surface area contributed by atoms with Crippen LogP contribution in [0.25, 0.3) is 10.8 Å². The summed E-state index contributed by atoms with van der Waals surface area (Å²) in [6, 6.07) is 45.0. The number of imide groups is 2. The molecule has 0 unspecified atom stereocenters. The van der Waals surface area contributed by atoms with Crippen molar-refractivity contribution in [2.24, 2.45) is 29.6 Å². The Morgan fingerprint density at radius 1 is 0.474 bits per heavy atom. The lowest BCUT2D eigenvalue weighted by Crippen LogP contribution is -2.43. The second-order valence-corrected chi connectivity index (χ2v) is 15.3. The predicted molar refractivity (Wildman–Crippen MR) is 220 cm³/mol. The number of para-hydroxylation sites is 2. The molecule has 6 aromatic rings. The number of anilines is 6. The minimum absolute atomic E-state index is 0.118. The number of phenols is 1. The molecule has 9 heteroatoms. The van der Waals surface area contributed by atoms with Gasteiger partial charge in [-0.3, -0.25) is 29.0 Å². The first-order chi connectivity index (χ1) is 27.9. The van der Waals surface area contributed by atoms with Crippen LogP contribution in [0.15, 0.2) is 157 Å². The number of hydrogen-bond acceptors (Lipinski definition) is 7. The van der Waals surface area contributed by atoms with Gasteiger partial charge in [-0.05, 0) is 109 Å². The van der Waals surface area contributed by atoms with Crippen molar-refractivity contribution < 1.29 is 24.3 Å². The molecule has 6 atom stereocenters. The van der Waals surface area contributed by atoms with Crippen LogP contribution in [-0.2, 0) is 19.2 Å². The Balaban J connectivity index is 1.01. The van der Waals surface area contributed by atoms with E-state index in [1.807, 2.05) is 115 Å². The fraction of sp³-hybridized carbons (Fsp3) is 0.167. The molecule has 6 aromatic carbocycles. The van der Waals surface area contributed by atoms with Crippen molar-refractivity contribution in [2.45, 2.75) is 18.8 Å². The zero-order chi connectivity index (χ0) is 38.8. The van der Waals surface area contributed by atoms with Gasteiger partial charge in [0.2, 0.25) is 23.6 Å². The van der Waals surface area contributed by atoms with Crippen molar-refractivity contribution >= 4 is 68.5 Å². The van der Waals surface area contributed by atoms with E-state index in [-0.39, 0.29) is 35.8 Å². The molecule has 9 nitrogen and oxygen atoms in total. The minimum atomic E-state index is -0.736. The molecule has 2 aliphatic carbocycles. The largest absolute Gasteiger partial charge is 0.507 e. The number of carbonyl (C=O) groups is 4. The summed E-state index contributed by atoms with van der Waals surface area (Å²) >= 11 is 0. The minimum Gasteiger partial charge on any atom is -0.507 e. The first kappa shape index (κ1) is 34.5. The average molecular weight is 751 g/mol. The lowest BCUT2D eigenvalue weighted by Gasteiger charge is -2.44. The number of rotatable bonds is 7. The molecule has 4 aliphatic rings. The molecule has 10 rings (SSSR count). The second-order valence-electron chi connectivity index (χ2n) is 15.3. The highest BCUT2D eigenvalue weighted by Gasteiger charge is 2.62. The van der Waals surface area contributed by atoms with Crippen LogP contribution >= 0.6 is 0 Å². The Hall–Kier alpha value is -7.00. The van der Waals surface area contributed by atoms with E-state index < -0.39 is 35.5 Å². The van der Waals surface area contributed by atoms with Crippen LogP contribution in [0, 0.1) is 29.6 Å². The third kappa shape index (κ3) is 5.68. The molecule has 0 aromatic heterocycles. The van der Waals surface area contributed by atoms with Crippen LogP contribution in [-0.4, -0.2) is 28.7 Å². The van der Waals surface area contributed by atoms with E-state index in [0.29, 0.717) is 23.2 Å². The first-order valence-electron chi connectivity index (χ1n) is 19.4. The highest BCUT2D eigenvalue weighted by molar-refractivity contribution is 6.24. The summed E-state index contributed by atoms with van der Waals surface area (Å²) < 4.78 is 0. The molecule has 57 heavy (non-hydrogen) atoms. The number of aromatic hydroxyl groups is 1. The Labute approximate surface area is 329 Å². The molecule has 0 radical (unpaired) electrons. The molecule has 2 aliphatic heterocycles. The predicted octanol–water partition coefficient (Wildman–Crippen LogP) is 9.08. The van der Waals surface area contributed by atoms with Gasteiger partial charge in [0.1, 0.15) is 5.75 Å². The molecule has 3 N–H and O–H groups in total. The zero-order valence-corrected chi connectivity index (χ0v) is 30.8. The molecule has 0 spiro atoms. The van der Waals surface area contributed by atoms with Crippen molar-refractivity contribution in [1.82, 2.24) is 0 Å². The normalized spacial score (nSPS) is 23.9. The van der Waals surface area contributed by atoms with Crippen LogP contribution in [0.1, 0.15) is 24.3 Å². The Kier molecular flexibility index (Phi) is 8.25. The van der Waals surface area contributed by atoms with Crippen molar-refractivity contribution in [3.05, 3.63) is 163 Å². The summed E-state index contributed by atoms with van der Waals surface area (Å²) in [6.07, 6.45) is 2.67. The van der Waals surface area contributed by atoms with Gasteiger partial charge in [0.15, 0.2) is 0 Å². The van der Waals surface area contributed by atoms with Crippen molar-refractivity contribution in [1.29, 1.82) is 0 Å². The third-order valence-corrected chi connectivity index (χ3v) is 12.3. The number of fused-ring (bicyclic) bond motifs is 5. The number of nitrogens with zero attached hydrogens (tertiary/aromatic N) is 2. The Bertz CT molecular complexity index is 2610. The first-order valence-corrected chi connectivity index (χ1v) is 19.4. The summed E-state index contributed by atoms with van der Waals surface area (Å²) in [4.78, 5) is 60.9. The number of benzene rings is 6. The van der Waals surface area contributed by atoms with Crippen LogP contribution in [0.5, 0.6) is 5.75 Å². The van der Waals surface area contributed by atoms with E-state index in [0.717, 1.165) is 39.3 Å². The molecular formula is C48H38N4O5. The van der Waals surface area contributed by atoms with E-state index >= 15 is 0 Å². The lowest BCUT2D eigenvalue weighted by atomic mass is 9.57. The number of hydrogen-bond donors (Lipinski definition) is 3. The SMILES string of the molecule is O=C1[C@H]2[C@H](CC=C3[C@H]2C[C@H]2C(=O)N(c4ccc(Nc5ccccc5)cc4)C(=O)[C@H]2[C@H]3c2ccc(O)c3ccccc23)C(=O)N1c1ccc(Nc2ccccc2)cc1. The smallest absolute Gasteiger partial charge is 0.238 e. The van der Waals surface area contributed by atoms with Gasteiger partial charge in [-0.15, -0.1) is 0 Å². The summed E-state index contributed by atoms with van der Waals surface area (Å²) in [5.74, 6) is -4.76. The van der Waals surface area contributed by atoms with Gasteiger partial charge in [-0.1, -0.05) is 78.4 Å². The number of amides is 4. The highest BCUT2D eigenvalue weighted by atomic mass is 16.3. The Morgan fingerprint density at radius 3 is 1.54 bits per heavy atom. The molecule has 2 heterocycles. The molecule has 1 saturated carbocycles. The number of allylic oxidation sites excluding steroid dienone is 2. The third-order valence-electron chi connectivity index (χ3n) is 12.3. The lowest BCUT2D eigenvalue weighted by molar-refractivity contribution is -0.126. The monoisotopic (exact) mass is 750 g/mol. The van der Waals surface area contributed by atoms with E-state index in [1.54, 1.807) is 30.3 Å². The number of nitrogens with one attached hydrogen (secondary N) is 2. The molecule has 280 valence electrons. The average Bonchev–Trinajstić information content (AvgIpc) is 3.65. The van der Waals surface area contributed by atoms with Gasteiger partial charge in [0.25, 0.3) is 0 Å². The quantitative estimate of drug-likeness (QED) is 0.110. The molecule has 0 bridgehead atoms. The van der Waals surface area contributed by atoms with Gasteiger partial charge < -0.3 is 15.7 Å². The highest BCUT2D eigenvalue weighted by Crippen LogP contribution is 2.59. The van der Waals surface area contributed by atoms with Crippen LogP contribution in [0.2, 0.25) is 0 Å². The molecular weight excluding hydrogens is 713 g/mol. The summed E-state index contributed by atoms with van der Waals surface area (Å²) in [5.41, 5.74) is 6.17. The fourth-order valence-corrected chi connectivity index (χ4v) is 9.79. The fourth-order valence-electron chi connectivity index (χ4n) is 9.79. The van der Waals surface area contributed by atoms with Crippen molar-refractivity contribution in [3.63, 3.8) is 0 Å². The van der Waals surface area contributed by atoms with Gasteiger partial charge in [0, 0.05) is 34.1 Å². The van der Waals surface area contributed by atoms with Crippen LogP contribution in [0.4, 0.5) is 34.1 Å². The van der Waals surface area contributed by atoms with E-state index in [1.165, 1.54) is 9.80 Å². The molecule has 4 amide bonds. The van der Waals surface area contributed by atoms with Gasteiger partial charge in [-0.2, -0.15) is 0 Å². The maximum atomic E-state index is 14.8. The number of carbonyl (C=O) groups excluding carboxylic acids is 4. The summed E-state index contributed by atoms with van der Waals surface area (Å²) in [6.45, 7) is 0. The standard InChI is InChI=1S/C48H38N4O5/c53-41-26-25-36(34-13-7-8-14-35(34)41)42-37-23-24-38-43(47(56)51(45(38)54)32-19-15-30(16-20-32)49-28-9-3-1-4-10-28)39(37)27-40-44(42)48(57)52(46(40)55)33-21-17-31(18-22-33)50-29-11-5-2-6-12-29/h1-23,25-26,38-40,42-44,49-50,53H,24,27H2/t38-,39+,40+,42-,43-,44+/m0/s1. The van der Waals surface area contributed by atoms with E-state index in [9.17, 15) is 24.3 Å². The van der Waals surface area contributed by atoms with Crippen molar-refractivity contribution in [2.75, 3.05) is 20.4 Å². The van der Waals surface area contributed by atoms with Crippen LogP contribution in [0.3, 0.4) is 0 Å². The topological polar surface area (TPSA) is 119 Å². The molecule has 3 fully saturated rings. The Morgan fingerprint density at radius 2 is 0.965 bits per heavy atom. The summed E-state index contributed by atoms with van der Waals surface area (Å²) in [5, 5.41) is 19.0. The maximum Gasteiger partial charge on any atom is 0.238 e. The molecule has 2 saturated heterocycles. The van der Waals surface area contributed by atoms with Gasteiger partial charge in [0.05, 0.1) is 35.0 Å². The second kappa shape index (κ2) is 13.6. The van der Waals surface area contributed by atoms with Crippen LogP contribution < -0.4 is 20.4 Å². The summed E-state index contributed by atoms with van der Waals surface area (Å²) in [7, 11) is 0. The maximum absolute atomic E-state index is 14.8. The van der Waals surface area contributed by atoms with Gasteiger partial charge in [-0.25, -0.2) is 0 Å². The number of phenolic OH excluding ortho intramolecular Hbond substituents is 1. The van der Waals surface area contributed by atoms with Gasteiger partial charge >= 0.3 is 0 Å². The van der Waals surface area contributed by atoms with E-state index in [4.69, 9.17) is 0 Å². The van der Waals surface area contributed by atoms with E-state index in [2.05, 4.69) is 16.7 Å². The van der Waals surface area contributed by atoms with Crippen molar-refractivity contribution in [3.8, 4) is 5.75 Å².